The highest BCUT2D eigenvalue weighted by atomic mass is 19.4. The van der Waals surface area contributed by atoms with Gasteiger partial charge in [-0.25, -0.2) is 4.79 Å². The van der Waals surface area contributed by atoms with Crippen molar-refractivity contribution in [1.29, 1.82) is 0 Å². The first-order chi connectivity index (χ1) is 8.30. The van der Waals surface area contributed by atoms with Crippen LogP contribution in [0.25, 0.3) is 0 Å². The summed E-state index contributed by atoms with van der Waals surface area (Å²) < 4.78 is 37.1. The molecule has 4 nitrogen and oxygen atoms in total. The van der Waals surface area contributed by atoms with E-state index in [1.54, 1.807) is 0 Å². The van der Waals surface area contributed by atoms with Crippen LogP contribution in [0.4, 0.5) is 13.2 Å². The van der Waals surface area contributed by atoms with Crippen molar-refractivity contribution in [2.24, 2.45) is 0 Å². The second-order valence-electron chi connectivity index (χ2n) is 3.51. The van der Waals surface area contributed by atoms with Crippen LogP contribution in [0.15, 0.2) is 24.3 Å². The molecule has 0 saturated carbocycles. The van der Waals surface area contributed by atoms with Gasteiger partial charge in [-0.05, 0) is 18.1 Å². The van der Waals surface area contributed by atoms with Crippen LogP contribution in [0.1, 0.15) is 11.1 Å². The number of carbonyl (C=O) groups is 2. The monoisotopic (exact) mass is 261 g/mol. The van der Waals surface area contributed by atoms with Crippen LogP contribution in [-0.4, -0.2) is 23.5 Å². The number of alkyl halides is 3. The van der Waals surface area contributed by atoms with Crippen molar-refractivity contribution in [1.82, 2.24) is 5.32 Å². The van der Waals surface area contributed by atoms with Crippen LogP contribution in [0.2, 0.25) is 0 Å². The largest absolute Gasteiger partial charge is 0.474 e. The molecule has 0 spiro atoms. The zero-order chi connectivity index (χ0) is 13.8. The second-order valence-corrected chi connectivity index (χ2v) is 3.51. The maximum atomic E-state index is 12.4. The lowest BCUT2D eigenvalue weighted by Gasteiger charge is -2.08. The van der Waals surface area contributed by atoms with E-state index in [9.17, 15) is 22.8 Å². The highest BCUT2D eigenvalue weighted by Crippen LogP contribution is 2.29. The minimum Gasteiger partial charge on any atom is -0.474 e. The summed E-state index contributed by atoms with van der Waals surface area (Å²) in [5, 5.41) is 10.3. The molecule has 0 unspecified atom stereocenters. The van der Waals surface area contributed by atoms with Crippen molar-refractivity contribution in [2.75, 3.05) is 6.54 Å². The maximum Gasteiger partial charge on any atom is 0.416 e. The third-order valence-electron chi connectivity index (χ3n) is 2.15. The SMILES string of the molecule is O=C(O)C(=O)NCCc1cccc(C(F)(F)F)c1. The Hall–Kier alpha value is -2.05. The quantitative estimate of drug-likeness (QED) is 0.809. The topological polar surface area (TPSA) is 66.4 Å². The number of carboxylic acids is 1. The van der Waals surface area contributed by atoms with E-state index >= 15 is 0 Å². The van der Waals surface area contributed by atoms with Crippen LogP contribution in [0.3, 0.4) is 0 Å². The van der Waals surface area contributed by atoms with Gasteiger partial charge in [-0.1, -0.05) is 18.2 Å². The first kappa shape index (κ1) is 14.0. The lowest BCUT2D eigenvalue weighted by Crippen LogP contribution is -2.32. The van der Waals surface area contributed by atoms with Gasteiger partial charge >= 0.3 is 18.1 Å². The van der Waals surface area contributed by atoms with Crippen molar-refractivity contribution in [3.05, 3.63) is 35.4 Å². The van der Waals surface area contributed by atoms with Gasteiger partial charge in [0.25, 0.3) is 0 Å². The van der Waals surface area contributed by atoms with Crippen molar-refractivity contribution in [3.63, 3.8) is 0 Å². The first-order valence-electron chi connectivity index (χ1n) is 4.98. The predicted molar refractivity (Wildman–Crippen MR) is 55.8 cm³/mol. The van der Waals surface area contributed by atoms with E-state index in [2.05, 4.69) is 5.32 Å². The van der Waals surface area contributed by atoms with Crippen LogP contribution >= 0.6 is 0 Å². The Morgan fingerprint density at radius 1 is 1.28 bits per heavy atom. The van der Waals surface area contributed by atoms with Crippen molar-refractivity contribution in [3.8, 4) is 0 Å². The first-order valence-corrected chi connectivity index (χ1v) is 4.98. The van der Waals surface area contributed by atoms with E-state index in [-0.39, 0.29) is 13.0 Å². The molecule has 0 heterocycles. The molecular formula is C11H10F3NO3. The summed E-state index contributed by atoms with van der Waals surface area (Å²) >= 11 is 0. The fourth-order valence-electron chi connectivity index (χ4n) is 1.30. The number of hydrogen-bond acceptors (Lipinski definition) is 2. The molecular weight excluding hydrogens is 251 g/mol. The van der Waals surface area contributed by atoms with Crippen LogP contribution in [0.5, 0.6) is 0 Å². The molecule has 1 aromatic carbocycles. The zero-order valence-corrected chi connectivity index (χ0v) is 9.12. The van der Waals surface area contributed by atoms with Gasteiger partial charge in [0.05, 0.1) is 5.56 Å². The van der Waals surface area contributed by atoms with Gasteiger partial charge in [0.2, 0.25) is 0 Å². The number of hydrogen-bond donors (Lipinski definition) is 2. The second kappa shape index (κ2) is 5.52. The molecule has 2 N–H and O–H groups in total. The smallest absolute Gasteiger partial charge is 0.416 e. The van der Waals surface area contributed by atoms with Gasteiger partial charge in [0, 0.05) is 6.54 Å². The zero-order valence-electron chi connectivity index (χ0n) is 9.12. The van der Waals surface area contributed by atoms with E-state index in [0.717, 1.165) is 12.1 Å². The molecule has 0 aliphatic rings. The third-order valence-corrected chi connectivity index (χ3v) is 2.15. The summed E-state index contributed by atoms with van der Waals surface area (Å²) in [6.07, 6.45) is -4.29. The number of benzene rings is 1. The van der Waals surface area contributed by atoms with Crippen LogP contribution < -0.4 is 5.32 Å². The highest BCUT2D eigenvalue weighted by molar-refractivity contribution is 6.31. The number of amides is 1. The molecule has 18 heavy (non-hydrogen) atoms. The molecule has 0 aliphatic carbocycles. The van der Waals surface area contributed by atoms with E-state index < -0.39 is 23.6 Å². The number of carbonyl (C=O) groups excluding carboxylic acids is 1. The number of halogens is 3. The molecule has 0 aromatic heterocycles. The molecule has 7 heteroatoms. The van der Waals surface area contributed by atoms with E-state index in [1.165, 1.54) is 12.1 Å². The Balaban J connectivity index is 2.58. The van der Waals surface area contributed by atoms with Gasteiger partial charge in [0.15, 0.2) is 0 Å². The molecule has 1 aromatic rings. The van der Waals surface area contributed by atoms with E-state index in [0.29, 0.717) is 5.56 Å². The number of rotatable bonds is 3. The van der Waals surface area contributed by atoms with Gasteiger partial charge in [-0.15, -0.1) is 0 Å². The van der Waals surface area contributed by atoms with Crippen molar-refractivity contribution < 1.29 is 27.9 Å². The molecule has 1 rings (SSSR count). The van der Waals surface area contributed by atoms with E-state index in [1.807, 2.05) is 0 Å². The lowest BCUT2D eigenvalue weighted by molar-refractivity contribution is -0.150. The van der Waals surface area contributed by atoms with Crippen LogP contribution in [0, 0.1) is 0 Å². The minimum atomic E-state index is -4.42. The lowest BCUT2D eigenvalue weighted by atomic mass is 10.1. The average molecular weight is 261 g/mol. The van der Waals surface area contributed by atoms with Crippen molar-refractivity contribution in [2.45, 2.75) is 12.6 Å². The fraction of sp³-hybridized carbons (Fsp3) is 0.273. The number of nitrogens with one attached hydrogen (secondary N) is 1. The molecule has 98 valence electrons. The van der Waals surface area contributed by atoms with Gasteiger partial charge in [-0.2, -0.15) is 13.2 Å². The molecule has 0 bridgehead atoms. The molecule has 0 aliphatic heterocycles. The van der Waals surface area contributed by atoms with Crippen LogP contribution in [-0.2, 0) is 22.2 Å². The molecule has 0 saturated heterocycles. The molecule has 1 amide bonds. The van der Waals surface area contributed by atoms with Gasteiger partial charge in [0.1, 0.15) is 0 Å². The normalized spacial score (nSPS) is 11.1. The molecule has 0 radical (unpaired) electrons. The minimum absolute atomic E-state index is 0.0353. The summed E-state index contributed by atoms with van der Waals surface area (Å²) in [6, 6.07) is 4.64. The standard InChI is InChI=1S/C11H10F3NO3/c12-11(13,14)8-3-1-2-7(6-8)4-5-15-9(16)10(17)18/h1-3,6H,4-5H2,(H,15,16)(H,17,18). The Labute approximate surface area is 100 Å². The summed E-state index contributed by atoms with van der Waals surface area (Å²) in [4.78, 5) is 20.8. The Morgan fingerprint density at radius 3 is 2.50 bits per heavy atom. The summed E-state index contributed by atoms with van der Waals surface area (Å²) in [5.41, 5.74) is -0.403. The summed E-state index contributed by atoms with van der Waals surface area (Å²) in [6.45, 7) is -0.0353. The Kier molecular flexibility index (Phi) is 4.30. The average Bonchev–Trinajstić information content (AvgIpc) is 2.28. The summed E-state index contributed by atoms with van der Waals surface area (Å²) in [5.74, 6) is -2.80. The maximum absolute atomic E-state index is 12.4. The number of carboxylic acid groups (broad SMARTS) is 1. The van der Waals surface area contributed by atoms with Crippen molar-refractivity contribution >= 4 is 11.9 Å². The summed E-state index contributed by atoms with van der Waals surface area (Å²) in [7, 11) is 0. The number of aliphatic carboxylic acids is 1. The van der Waals surface area contributed by atoms with E-state index in [4.69, 9.17) is 5.11 Å². The highest BCUT2D eigenvalue weighted by Gasteiger charge is 2.30. The van der Waals surface area contributed by atoms with Gasteiger partial charge < -0.3 is 10.4 Å². The fourth-order valence-corrected chi connectivity index (χ4v) is 1.30. The molecule has 0 fully saturated rings. The Morgan fingerprint density at radius 2 is 1.94 bits per heavy atom. The van der Waals surface area contributed by atoms with Gasteiger partial charge in [-0.3, -0.25) is 4.79 Å². The Bertz CT molecular complexity index is 457. The third kappa shape index (κ3) is 4.08. The predicted octanol–water partition coefficient (Wildman–Crippen LogP) is 1.45. The molecule has 0 atom stereocenters.